The number of benzene rings is 1. The lowest BCUT2D eigenvalue weighted by atomic mass is 10.1. The van der Waals surface area contributed by atoms with Gasteiger partial charge in [0.2, 0.25) is 5.89 Å². The number of hydrogen-bond donors (Lipinski definition) is 2. The molecule has 2 N–H and O–H groups in total. The van der Waals surface area contributed by atoms with Gasteiger partial charge in [-0.3, -0.25) is 0 Å². The zero-order valence-electron chi connectivity index (χ0n) is 18.6. The quantitative estimate of drug-likeness (QED) is 0.216. The second-order valence-corrected chi connectivity index (χ2v) is 8.01. The predicted molar refractivity (Wildman–Crippen MR) is 124 cm³/mol. The Kier molecular flexibility index (Phi) is 12.6. The van der Waals surface area contributed by atoms with Crippen LogP contribution in [0.1, 0.15) is 89.9 Å². The van der Waals surface area contributed by atoms with E-state index < -0.39 is 0 Å². The third-order valence-corrected chi connectivity index (χ3v) is 5.22. The molecule has 1 aromatic carbocycles. The standard InChI is InChI=1S/C25H39N3O2/c1-2-3-4-14-19-23(29)20-15-9-7-5-6-8-10-16-21-24-27-28-25(30-24)26-22-17-12-11-13-18-22/h9,11-13,15,17-18,23,29H,2-8,10,14,16,19-21H2,1H3,(H,26,28)/b15-9+. The van der Waals surface area contributed by atoms with E-state index in [0.29, 0.717) is 11.9 Å². The molecule has 30 heavy (non-hydrogen) atoms. The molecule has 166 valence electrons. The number of rotatable bonds is 17. The summed E-state index contributed by atoms with van der Waals surface area (Å²) < 4.78 is 5.65. The van der Waals surface area contributed by atoms with Crippen LogP contribution in [0.4, 0.5) is 11.7 Å². The second kappa shape index (κ2) is 15.7. The summed E-state index contributed by atoms with van der Waals surface area (Å²) in [6.45, 7) is 2.22. The number of aromatic nitrogens is 2. The summed E-state index contributed by atoms with van der Waals surface area (Å²) in [6.07, 6.45) is 18.8. The molecule has 1 unspecified atom stereocenters. The van der Waals surface area contributed by atoms with E-state index in [9.17, 15) is 5.11 Å². The zero-order valence-corrected chi connectivity index (χ0v) is 18.6. The van der Waals surface area contributed by atoms with Gasteiger partial charge in [-0.05, 0) is 44.2 Å². The number of hydrogen-bond acceptors (Lipinski definition) is 5. The van der Waals surface area contributed by atoms with E-state index in [4.69, 9.17) is 4.42 Å². The molecule has 5 nitrogen and oxygen atoms in total. The fraction of sp³-hybridized carbons (Fsp3) is 0.600. The highest BCUT2D eigenvalue weighted by Gasteiger charge is 2.06. The molecule has 0 saturated carbocycles. The molecule has 0 aliphatic carbocycles. The van der Waals surface area contributed by atoms with E-state index in [2.05, 4.69) is 34.6 Å². The Labute approximate surface area is 182 Å². The summed E-state index contributed by atoms with van der Waals surface area (Å²) in [7, 11) is 0. The van der Waals surface area contributed by atoms with Gasteiger partial charge in [-0.2, -0.15) is 0 Å². The summed E-state index contributed by atoms with van der Waals surface area (Å²) >= 11 is 0. The first kappa shape index (κ1) is 24.1. The smallest absolute Gasteiger partial charge is 0.320 e. The number of aliphatic hydroxyl groups is 1. The highest BCUT2D eigenvalue weighted by Crippen LogP contribution is 2.16. The van der Waals surface area contributed by atoms with Gasteiger partial charge in [-0.15, -0.1) is 5.10 Å². The van der Waals surface area contributed by atoms with Crippen molar-refractivity contribution >= 4 is 11.7 Å². The molecule has 0 radical (unpaired) electrons. The largest absolute Gasteiger partial charge is 0.408 e. The third kappa shape index (κ3) is 11.1. The topological polar surface area (TPSA) is 71.2 Å². The van der Waals surface area contributed by atoms with Crippen molar-refractivity contribution in [2.45, 2.75) is 96.5 Å². The van der Waals surface area contributed by atoms with Gasteiger partial charge in [0, 0.05) is 12.1 Å². The van der Waals surface area contributed by atoms with Gasteiger partial charge in [0.25, 0.3) is 0 Å². The summed E-state index contributed by atoms with van der Waals surface area (Å²) in [4.78, 5) is 0. The van der Waals surface area contributed by atoms with Gasteiger partial charge in [0.1, 0.15) is 0 Å². The molecule has 1 aromatic heterocycles. The molecule has 5 heteroatoms. The van der Waals surface area contributed by atoms with Crippen LogP contribution >= 0.6 is 0 Å². The van der Waals surface area contributed by atoms with Crippen LogP contribution < -0.4 is 5.32 Å². The molecule has 2 rings (SSSR count). The molecule has 0 fully saturated rings. The molecule has 0 amide bonds. The molecule has 0 saturated heterocycles. The van der Waals surface area contributed by atoms with Gasteiger partial charge < -0.3 is 14.8 Å². The number of anilines is 2. The second-order valence-electron chi connectivity index (χ2n) is 8.01. The van der Waals surface area contributed by atoms with Gasteiger partial charge in [0.05, 0.1) is 6.10 Å². The Morgan fingerprint density at radius 1 is 0.933 bits per heavy atom. The average molecular weight is 414 g/mol. The van der Waals surface area contributed by atoms with E-state index in [0.717, 1.165) is 44.2 Å². The number of aryl methyl sites for hydroxylation is 1. The number of allylic oxidation sites excluding steroid dienone is 1. The van der Waals surface area contributed by atoms with Crippen molar-refractivity contribution < 1.29 is 9.52 Å². The Balaban J connectivity index is 1.43. The minimum Gasteiger partial charge on any atom is -0.408 e. The first-order valence-electron chi connectivity index (χ1n) is 11.8. The van der Waals surface area contributed by atoms with Gasteiger partial charge >= 0.3 is 6.01 Å². The molecule has 1 atom stereocenters. The van der Waals surface area contributed by atoms with E-state index in [-0.39, 0.29) is 6.10 Å². The highest BCUT2D eigenvalue weighted by molar-refractivity contribution is 5.50. The van der Waals surface area contributed by atoms with Crippen LogP contribution in [0, 0.1) is 0 Å². The minimum absolute atomic E-state index is 0.161. The van der Waals surface area contributed by atoms with Crippen molar-refractivity contribution in [2.24, 2.45) is 0 Å². The number of unbranched alkanes of at least 4 members (excludes halogenated alkanes) is 8. The Morgan fingerprint density at radius 2 is 1.70 bits per heavy atom. The molecule has 1 heterocycles. The number of para-hydroxylation sites is 1. The van der Waals surface area contributed by atoms with Crippen molar-refractivity contribution in [3.8, 4) is 0 Å². The lowest BCUT2D eigenvalue weighted by molar-refractivity contribution is 0.163. The molecule has 0 spiro atoms. The van der Waals surface area contributed by atoms with Gasteiger partial charge in [0.15, 0.2) is 0 Å². The summed E-state index contributed by atoms with van der Waals surface area (Å²) in [5.41, 5.74) is 0.947. The van der Waals surface area contributed by atoms with Crippen LogP contribution in [0.5, 0.6) is 0 Å². The van der Waals surface area contributed by atoms with Crippen LogP contribution in [0.2, 0.25) is 0 Å². The average Bonchev–Trinajstić information content (AvgIpc) is 3.20. The maximum Gasteiger partial charge on any atom is 0.320 e. The highest BCUT2D eigenvalue weighted by atomic mass is 16.4. The van der Waals surface area contributed by atoms with E-state index in [1.807, 2.05) is 30.3 Å². The first-order chi connectivity index (χ1) is 14.8. The van der Waals surface area contributed by atoms with E-state index >= 15 is 0 Å². The molecule has 2 aromatic rings. The fourth-order valence-electron chi connectivity index (χ4n) is 3.41. The van der Waals surface area contributed by atoms with E-state index in [1.165, 1.54) is 44.9 Å². The monoisotopic (exact) mass is 413 g/mol. The van der Waals surface area contributed by atoms with Crippen molar-refractivity contribution in [1.82, 2.24) is 10.2 Å². The van der Waals surface area contributed by atoms with Crippen LogP contribution in [-0.2, 0) is 6.42 Å². The third-order valence-electron chi connectivity index (χ3n) is 5.22. The number of nitrogens with one attached hydrogen (secondary N) is 1. The summed E-state index contributed by atoms with van der Waals surface area (Å²) in [6, 6.07) is 10.3. The van der Waals surface area contributed by atoms with Gasteiger partial charge in [-0.1, -0.05) is 87.3 Å². The first-order valence-corrected chi connectivity index (χ1v) is 11.8. The molecule has 0 aliphatic rings. The Bertz CT molecular complexity index is 685. The SMILES string of the molecule is CCCCCCC(O)C/C=C/CCCCCCCc1nnc(Nc2ccccc2)o1. The summed E-state index contributed by atoms with van der Waals surface area (Å²) in [5.74, 6) is 0.699. The maximum atomic E-state index is 9.95. The maximum absolute atomic E-state index is 9.95. The Hall–Kier alpha value is -2.14. The van der Waals surface area contributed by atoms with Crippen molar-refractivity contribution in [1.29, 1.82) is 0 Å². The number of nitrogens with zero attached hydrogens (tertiary/aromatic N) is 2. The number of aliphatic hydroxyl groups excluding tert-OH is 1. The van der Waals surface area contributed by atoms with Crippen LogP contribution in [-0.4, -0.2) is 21.4 Å². The molecular formula is C25H39N3O2. The lowest BCUT2D eigenvalue weighted by Crippen LogP contribution is -2.04. The minimum atomic E-state index is -0.161. The van der Waals surface area contributed by atoms with E-state index in [1.54, 1.807) is 0 Å². The van der Waals surface area contributed by atoms with Crippen molar-refractivity contribution in [3.05, 3.63) is 48.4 Å². The van der Waals surface area contributed by atoms with Gasteiger partial charge in [-0.25, -0.2) is 0 Å². The molecule has 0 aliphatic heterocycles. The predicted octanol–water partition coefficient (Wildman–Crippen LogP) is 6.97. The summed E-state index contributed by atoms with van der Waals surface area (Å²) in [5, 5.41) is 21.2. The lowest BCUT2D eigenvalue weighted by Gasteiger charge is -2.07. The fourth-order valence-corrected chi connectivity index (χ4v) is 3.41. The normalized spacial score (nSPS) is 12.5. The Morgan fingerprint density at radius 3 is 2.53 bits per heavy atom. The van der Waals surface area contributed by atoms with Crippen LogP contribution in [0.25, 0.3) is 0 Å². The van der Waals surface area contributed by atoms with Crippen molar-refractivity contribution in [2.75, 3.05) is 5.32 Å². The van der Waals surface area contributed by atoms with Crippen LogP contribution in [0.3, 0.4) is 0 Å². The zero-order chi connectivity index (χ0) is 21.3. The molecular weight excluding hydrogens is 374 g/mol. The molecule has 0 bridgehead atoms. The van der Waals surface area contributed by atoms with Crippen LogP contribution in [0.15, 0.2) is 46.9 Å². The van der Waals surface area contributed by atoms with Crippen molar-refractivity contribution in [3.63, 3.8) is 0 Å².